The molecule has 2 rings (SSSR count). The van der Waals surface area contributed by atoms with Crippen molar-refractivity contribution in [3.05, 3.63) is 40.5 Å². The van der Waals surface area contributed by atoms with Gasteiger partial charge >= 0.3 is 0 Å². The van der Waals surface area contributed by atoms with E-state index >= 15 is 0 Å². The molecule has 0 spiro atoms. The normalized spacial score (nSPS) is 17.8. The van der Waals surface area contributed by atoms with Gasteiger partial charge in [-0.15, -0.1) is 0 Å². The molecule has 0 N–H and O–H groups in total. The largest absolute Gasteiger partial charge is 0.426 e. The molecule has 1 aromatic carbocycles. The zero-order valence-corrected chi connectivity index (χ0v) is 34.2. The average Bonchev–Trinajstić information content (AvgIpc) is 2.91. The highest BCUT2D eigenvalue weighted by molar-refractivity contribution is 8.07. The molecule has 37 heavy (non-hydrogen) atoms. The minimum Gasteiger partial charge on any atom is -0.426 e. The number of benzene rings is 1. The summed E-state index contributed by atoms with van der Waals surface area (Å²) in [5.74, 6) is 1.11. The predicted octanol–water partition coefficient (Wildman–Crippen LogP) is 10.6. The van der Waals surface area contributed by atoms with Gasteiger partial charge in [-0.05, 0) is 48.9 Å². The monoisotopic (exact) mass is 605 g/mol. The molecule has 1 aliphatic heterocycles. The van der Waals surface area contributed by atoms with Crippen molar-refractivity contribution < 1.29 is 0 Å². The lowest BCUT2D eigenvalue weighted by atomic mass is 9.93. The lowest BCUT2D eigenvalue weighted by molar-refractivity contribution is 0.834. The van der Waals surface area contributed by atoms with E-state index < -0.39 is 44.9 Å². The maximum Gasteiger partial charge on any atom is 0.138 e. The molecule has 0 radical (unpaired) electrons. The van der Waals surface area contributed by atoms with Gasteiger partial charge in [0.15, 0.2) is 0 Å². The second kappa shape index (κ2) is 10.5. The third kappa shape index (κ3) is 5.40. The van der Waals surface area contributed by atoms with E-state index in [1.54, 1.807) is 28.0 Å². The summed E-state index contributed by atoms with van der Waals surface area (Å²) in [4.78, 5) is 0. The van der Waals surface area contributed by atoms with Crippen LogP contribution < -0.4 is 4.23 Å². The first-order valence-electron chi connectivity index (χ1n) is 15.0. The molecule has 0 saturated carbocycles. The summed E-state index contributed by atoms with van der Waals surface area (Å²) < 4.78 is 3.44. The quantitative estimate of drug-likeness (QED) is 0.200. The Balaban J connectivity index is 3.33. The van der Waals surface area contributed by atoms with Crippen molar-refractivity contribution in [2.24, 2.45) is 0 Å². The Hall–Kier alpha value is 0.0613. The summed E-state index contributed by atoms with van der Waals surface area (Å²) in [6, 6.07) is 10.3. The van der Waals surface area contributed by atoms with E-state index in [0.29, 0.717) is 11.8 Å². The molecule has 0 atom stereocenters. The lowest BCUT2D eigenvalue weighted by Crippen LogP contribution is -2.97. The Kier molecular flexibility index (Phi) is 9.42. The smallest absolute Gasteiger partial charge is 0.138 e. The Bertz CT molecular complexity index is 936. The molecular formula is C30H63NSi6. The standard InChI is InChI=1S/C30H63NSi6/c1-24(2)28-20-19-21-29(25(3)4)30(28)31(32(7,8)9)36(22-26(5)27(6)23-36)37(33(10,11)12,34(13,14)15)35(16,17)18/h19-21,24-25H,22-23H2,1-18H3. The zero-order chi connectivity index (χ0) is 29.2. The van der Waals surface area contributed by atoms with Crippen molar-refractivity contribution in [1.29, 1.82) is 0 Å². The number of allylic oxidation sites excluding steroid dienone is 2. The molecule has 7 heteroatoms. The molecule has 1 aliphatic rings. The first-order valence-corrected chi connectivity index (χ1v) is 37.3. The third-order valence-electron chi connectivity index (χ3n) is 9.58. The molecule has 1 heterocycles. The minimum atomic E-state index is -1.96. The molecule has 1 aromatic rings. The van der Waals surface area contributed by atoms with E-state index in [9.17, 15) is 0 Å². The van der Waals surface area contributed by atoms with Crippen molar-refractivity contribution in [1.82, 2.24) is 0 Å². The van der Waals surface area contributed by atoms with Gasteiger partial charge in [-0.1, -0.05) is 136 Å². The number of nitrogens with zero attached hydrogens (tertiary/aromatic N) is 1. The lowest BCUT2D eigenvalue weighted by Gasteiger charge is -2.70. The van der Waals surface area contributed by atoms with Gasteiger partial charge in [-0.3, -0.25) is 0 Å². The Morgan fingerprint density at radius 3 is 1.19 bits per heavy atom. The van der Waals surface area contributed by atoms with Crippen LogP contribution in [0.3, 0.4) is 0 Å². The van der Waals surface area contributed by atoms with Crippen LogP contribution in [-0.2, 0) is 0 Å². The SMILES string of the molecule is CC1=C(C)C[Si](N(c2c(C(C)C)cccc2C(C)C)[Si](C)(C)C)([Si]([Si](C)(C)C)([Si](C)(C)C)[Si](C)(C)C)C1. The van der Waals surface area contributed by atoms with Crippen molar-refractivity contribution >= 4 is 50.6 Å². The fourth-order valence-electron chi connectivity index (χ4n) is 10.3. The Morgan fingerprint density at radius 2 is 0.946 bits per heavy atom. The maximum absolute atomic E-state index is 3.44. The number of hydrogen-bond acceptors (Lipinski definition) is 1. The molecule has 0 amide bonds. The summed E-state index contributed by atoms with van der Waals surface area (Å²) in [6.07, 6.45) is -1.70. The highest BCUT2D eigenvalue weighted by Crippen LogP contribution is 2.56. The maximum atomic E-state index is 3.44. The van der Waals surface area contributed by atoms with Crippen LogP contribution in [-0.4, -0.2) is 44.9 Å². The van der Waals surface area contributed by atoms with Crippen LogP contribution in [0, 0.1) is 0 Å². The first kappa shape index (κ1) is 33.3. The summed E-state index contributed by atoms with van der Waals surface area (Å²) in [7, 11) is -8.18. The van der Waals surface area contributed by atoms with Gasteiger partial charge in [-0.25, -0.2) is 0 Å². The van der Waals surface area contributed by atoms with Crippen LogP contribution in [0.5, 0.6) is 0 Å². The van der Waals surface area contributed by atoms with Gasteiger partial charge in [0, 0.05) is 28.5 Å². The van der Waals surface area contributed by atoms with E-state index in [4.69, 9.17) is 0 Å². The fraction of sp³-hybridized carbons (Fsp3) is 0.733. The van der Waals surface area contributed by atoms with Crippen molar-refractivity contribution in [2.75, 3.05) is 4.23 Å². The molecule has 0 unspecified atom stereocenters. The van der Waals surface area contributed by atoms with Gasteiger partial charge in [0.05, 0.1) is 6.14 Å². The van der Waals surface area contributed by atoms with Gasteiger partial charge in [0.2, 0.25) is 0 Å². The van der Waals surface area contributed by atoms with Crippen LogP contribution in [0.2, 0.25) is 90.7 Å². The predicted molar refractivity (Wildman–Crippen MR) is 190 cm³/mol. The third-order valence-corrected chi connectivity index (χ3v) is 126. The van der Waals surface area contributed by atoms with Crippen LogP contribution in [0.25, 0.3) is 0 Å². The molecule has 0 fully saturated rings. The Labute approximate surface area is 238 Å². The Morgan fingerprint density at radius 1 is 0.622 bits per heavy atom. The van der Waals surface area contributed by atoms with Gasteiger partial charge in [-0.2, -0.15) is 0 Å². The number of hydrogen-bond donors (Lipinski definition) is 0. The number of para-hydroxylation sites is 1. The molecule has 0 bridgehead atoms. The molecular weight excluding hydrogens is 543 g/mol. The summed E-state index contributed by atoms with van der Waals surface area (Å²) in [5, 5.41) is 0. The van der Waals surface area contributed by atoms with E-state index in [2.05, 4.69) is 143 Å². The van der Waals surface area contributed by atoms with Crippen molar-refractivity contribution in [3.8, 4) is 0 Å². The summed E-state index contributed by atoms with van der Waals surface area (Å²) in [6.45, 7) is 48.7. The van der Waals surface area contributed by atoms with E-state index in [-0.39, 0.29) is 0 Å². The van der Waals surface area contributed by atoms with Gasteiger partial charge < -0.3 is 4.23 Å². The topological polar surface area (TPSA) is 3.24 Å². The molecule has 0 saturated heterocycles. The number of anilines is 1. The van der Waals surface area contributed by atoms with Crippen LogP contribution in [0.15, 0.2) is 29.3 Å². The van der Waals surface area contributed by atoms with E-state index in [1.807, 2.05) is 0 Å². The molecule has 1 nitrogen and oxygen atoms in total. The van der Waals surface area contributed by atoms with Crippen LogP contribution >= 0.6 is 0 Å². The van der Waals surface area contributed by atoms with Crippen LogP contribution in [0.1, 0.15) is 64.5 Å². The summed E-state index contributed by atoms with van der Waals surface area (Å²) >= 11 is 0. The van der Waals surface area contributed by atoms with Crippen molar-refractivity contribution in [3.63, 3.8) is 0 Å². The molecule has 0 aromatic heterocycles. The van der Waals surface area contributed by atoms with E-state index in [1.165, 1.54) is 12.1 Å². The van der Waals surface area contributed by atoms with Gasteiger partial charge in [0.1, 0.15) is 16.0 Å². The average molecular weight is 606 g/mol. The molecule has 0 aliphatic carbocycles. The second-order valence-corrected chi connectivity index (χ2v) is 74.8. The fourth-order valence-corrected chi connectivity index (χ4v) is 183. The zero-order valence-electron chi connectivity index (χ0n) is 28.2. The number of rotatable bonds is 9. The molecule has 212 valence electrons. The highest BCUT2D eigenvalue weighted by Gasteiger charge is 2.75. The van der Waals surface area contributed by atoms with Crippen molar-refractivity contribution in [2.45, 2.75) is 144 Å². The second-order valence-electron chi connectivity index (χ2n) is 17.0. The summed E-state index contributed by atoms with van der Waals surface area (Å²) in [5.41, 5.74) is 8.54. The first-order chi connectivity index (χ1) is 16.4. The van der Waals surface area contributed by atoms with Gasteiger partial charge in [0.25, 0.3) is 0 Å². The minimum absolute atomic E-state index is 0.553. The highest BCUT2D eigenvalue weighted by atomic mass is 30.2. The van der Waals surface area contributed by atoms with E-state index in [0.717, 1.165) is 0 Å². The van der Waals surface area contributed by atoms with Crippen LogP contribution in [0.4, 0.5) is 5.69 Å².